The highest BCUT2D eigenvalue weighted by Crippen LogP contribution is 2.28. The van der Waals surface area contributed by atoms with E-state index in [4.69, 9.17) is 4.74 Å². The van der Waals surface area contributed by atoms with E-state index in [0.717, 1.165) is 19.5 Å². The van der Waals surface area contributed by atoms with Gasteiger partial charge in [-0.2, -0.15) is 0 Å². The first-order chi connectivity index (χ1) is 10.3. The molecule has 1 aromatic rings. The van der Waals surface area contributed by atoms with Crippen LogP contribution < -0.4 is 4.90 Å². The highest BCUT2D eigenvalue weighted by atomic mass is 16.6. The third-order valence-electron chi connectivity index (χ3n) is 3.80. The van der Waals surface area contributed by atoms with Gasteiger partial charge in [-0.3, -0.25) is 4.90 Å². The van der Waals surface area contributed by atoms with E-state index >= 15 is 0 Å². The van der Waals surface area contributed by atoms with E-state index in [1.807, 2.05) is 20.8 Å². The Morgan fingerprint density at radius 2 is 1.91 bits per heavy atom. The number of carbonyl (C=O) groups excluding carboxylic acids is 1. The van der Waals surface area contributed by atoms with Crippen LogP contribution in [0.25, 0.3) is 0 Å². The van der Waals surface area contributed by atoms with Gasteiger partial charge in [0, 0.05) is 31.9 Å². The molecule has 2 rings (SSSR count). The number of nitrogens with zero attached hydrogens (tertiary/aromatic N) is 2. The standard InChI is InChI=1S/C18H28N2O2/c1-6-10-19(7-2)16-9-8-14-12-20(13-15(14)11-16)17(21)22-18(3,4)5/h8-9,11H,6-7,10,12-13H2,1-5H3. The predicted molar refractivity (Wildman–Crippen MR) is 90.1 cm³/mol. The number of carbonyl (C=O) groups is 1. The second kappa shape index (κ2) is 6.59. The lowest BCUT2D eigenvalue weighted by Gasteiger charge is -2.24. The van der Waals surface area contributed by atoms with Crippen LogP contribution in [0.1, 0.15) is 52.2 Å². The molecule has 0 bridgehead atoms. The molecule has 1 aromatic carbocycles. The molecule has 0 radical (unpaired) electrons. The number of ether oxygens (including phenoxy) is 1. The topological polar surface area (TPSA) is 32.8 Å². The molecule has 0 aromatic heterocycles. The molecule has 0 N–H and O–H groups in total. The molecule has 0 saturated carbocycles. The predicted octanol–water partition coefficient (Wildman–Crippen LogP) is 4.17. The Balaban J connectivity index is 2.09. The Bertz CT molecular complexity index is 534. The molecule has 22 heavy (non-hydrogen) atoms. The highest BCUT2D eigenvalue weighted by molar-refractivity contribution is 5.69. The van der Waals surface area contributed by atoms with Crippen LogP contribution in [0, 0.1) is 0 Å². The van der Waals surface area contributed by atoms with Crippen molar-refractivity contribution in [2.24, 2.45) is 0 Å². The monoisotopic (exact) mass is 304 g/mol. The van der Waals surface area contributed by atoms with Crippen LogP contribution in [0.3, 0.4) is 0 Å². The van der Waals surface area contributed by atoms with Crippen LogP contribution in [0.2, 0.25) is 0 Å². The van der Waals surface area contributed by atoms with E-state index in [1.54, 1.807) is 4.90 Å². The highest BCUT2D eigenvalue weighted by Gasteiger charge is 2.28. The fourth-order valence-corrected chi connectivity index (χ4v) is 2.77. The Hall–Kier alpha value is -1.71. The van der Waals surface area contributed by atoms with Crippen LogP contribution >= 0.6 is 0 Å². The average molecular weight is 304 g/mol. The molecule has 0 saturated heterocycles. The summed E-state index contributed by atoms with van der Waals surface area (Å²) >= 11 is 0. The lowest BCUT2D eigenvalue weighted by atomic mass is 10.1. The number of hydrogen-bond acceptors (Lipinski definition) is 3. The Morgan fingerprint density at radius 3 is 2.50 bits per heavy atom. The normalized spacial score (nSPS) is 14.0. The van der Waals surface area contributed by atoms with E-state index in [1.165, 1.54) is 16.8 Å². The molecular formula is C18H28N2O2. The summed E-state index contributed by atoms with van der Waals surface area (Å²) in [6.45, 7) is 13.4. The molecule has 122 valence electrons. The minimum atomic E-state index is -0.447. The van der Waals surface area contributed by atoms with E-state index in [2.05, 4.69) is 36.9 Å². The molecule has 4 heteroatoms. The molecule has 0 unspecified atom stereocenters. The van der Waals surface area contributed by atoms with Gasteiger partial charge in [0.1, 0.15) is 5.60 Å². The summed E-state index contributed by atoms with van der Waals surface area (Å²) < 4.78 is 5.47. The first-order valence-electron chi connectivity index (χ1n) is 8.18. The third-order valence-corrected chi connectivity index (χ3v) is 3.80. The maximum Gasteiger partial charge on any atom is 0.410 e. The van der Waals surface area contributed by atoms with Crippen molar-refractivity contribution in [1.82, 2.24) is 4.90 Å². The zero-order chi connectivity index (χ0) is 16.3. The SMILES string of the molecule is CCCN(CC)c1ccc2c(c1)CN(C(=O)OC(C)(C)C)C2. The van der Waals surface area contributed by atoms with Crippen LogP contribution in [-0.4, -0.2) is 29.7 Å². The number of fused-ring (bicyclic) bond motifs is 1. The largest absolute Gasteiger partial charge is 0.444 e. The van der Waals surface area contributed by atoms with Gasteiger partial charge in [-0.25, -0.2) is 4.79 Å². The van der Waals surface area contributed by atoms with Gasteiger partial charge in [0.25, 0.3) is 0 Å². The average Bonchev–Trinajstić information content (AvgIpc) is 2.86. The summed E-state index contributed by atoms with van der Waals surface area (Å²) in [4.78, 5) is 16.3. The summed E-state index contributed by atoms with van der Waals surface area (Å²) in [6.07, 6.45) is 0.903. The van der Waals surface area contributed by atoms with Crippen LogP contribution in [0.4, 0.5) is 10.5 Å². The summed E-state index contributed by atoms with van der Waals surface area (Å²) in [6, 6.07) is 6.53. The molecule has 0 spiro atoms. The van der Waals surface area contributed by atoms with E-state index < -0.39 is 5.60 Å². The fraction of sp³-hybridized carbons (Fsp3) is 0.611. The quantitative estimate of drug-likeness (QED) is 0.837. The maximum atomic E-state index is 12.2. The first kappa shape index (κ1) is 16.7. The summed E-state index contributed by atoms with van der Waals surface area (Å²) in [5.41, 5.74) is 3.26. The molecule has 0 atom stereocenters. The second-order valence-corrected chi connectivity index (χ2v) is 6.87. The number of rotatable bonds is 4. The van der Waals surface area contributed by atoms with E-state index in [0.29, 0.717) is 13.1 Å². The Labute approximate surface area is 134 Å². The van der Waals surface area contributed by atoms with Crippen molar-refractivity contribution < 1.29 is 9.53 Å². The van der Waals surface area contributed by atoms with Gasteiger partial charge in [-0.15, -0.1) is 0 Å². The molecule has 0 aliphatic carbocycles. The smallest absolute Gasteiger partial charge is 0.410 e. The summed E-state index contributed by atoms with van der Waals surface area (Å²) in [7, 11) is 0. The van der Waals surface area contributed by atoms with Gasteiger partial charge >= 0.3 is 6.09 Å². The molecule has 1 heterocycles. The van der Waals surface area contributed by atoms with Crippen molar-refractivity contribution in [2.75, 3.05) is 18.0 Å². The molecule has 1 aliphatic rings. The van der Waals surface area contributed by atoms with E-state index in [-0.39, 0.29) is 6.09 Å². The maximum absolute atomic E-state index is 12.2. The van der Waals surface area contributed by atoms with Gasteiger partial charge < -0.3 is 9.64 Å². The Morgan fingerprint density at radius 1 is 1.23 bits per heavy atom. The number of amides is 1. The van der Waals surface area contributed by atoms with Gasteiger partial charge in [0.15, 0.2) is 0 Å². The van der Waals surface area contributed by atoms with Crippen LogP contribution in [0.15, 0.2) is 18.2 Å². The Kier molecular flexibility index (Phi) is 4.99. The minimum absolute atomic E-state index is 0.230. The second-order valence-electron chi connectivity index (χ2n) is 6.87. The van der Waals surface area contributed by atoms with Crippen molar-refractivity contribution in [3.8, 4) is 0 Å². The van der Waals surface area contributed by atoms with Gasteiger partial charge in [0.2, 0.25) is 0 Å². The lowest BCUT2D eigenvalue weighted by molar-refractivity contribution is 0.0242. The summed E-state index contributed by atoms with van der Waals surface area (Å²) in [5, 5.41) is 0. The van der Waals surface area contributed by atoms with Crippen LogP contribution in [-0.2, 0) is 17.8 Å². The molecular weight excluding hydrogens is 276 g/mol. The van der Waals surface area contributed by atoms with E-state index in [9.17, 15) is 4.79 Å². The van der Waals surface area contributed by atoms with Crippen molar-refractivity contribution in [3.05, 3.63) is 29.3 Å². The van der Waals surface area contributed by atoms with Gasteiger partial charge in [0.05, 0.1) is 0 Å². The molecule has 1 aliphatic heterocycles. The third kappa shape index (κ3) is 3.93. The first-order valence-corrected chi connectivity index (χ1v) is 8.18. The van der Waals surface area contributed by atoms with Crippen molar-refractivity contribution in [2.45, 2.75) is 59.7 Å². The lowest BCUT2D eigenvalue weighted by Crippen LogP contribution is -2.33. The van der Waals surface area contributed by atoms with Crippen molar-refractivity contribution in [1.29, 1.82) is 0 Å². The van der Waals surface area contributed by atoms with Gasteiger partial charge in [-0.1, -0.05) is 13.0 Å². The molecule has 4 nitrogen and oxygen atoms in total. The zero-order valence-corrected chi connectivity index (χ0v) is 14.5. The molecule has 1 amide bonds. The summed E-state index contributed by atoms with van der Waals surface area (Å²) in [5.74, 6) is 0. The molecule has 0 fully saturated rings. The minimum Gasteiger partial charge on any atom is -0.444 e. The zero-order valence-electron chi connectivity index (χ0n) is 14.5. The number of hydrogen-bond donors (Lipinski definition) is 0. The van der Waals surface area contributed by atoms with Crippen molar-refractivity contribution in [3.63, 3.8) is 0 Å². The van der Waals surface area contributed by atoms with Crippen molar-refractivity contribution >= 4 is 11.8 Å². The number of benzene rings is 1. The van der Waals surface area contributed by atoms with Crippen LogP contribution in [0.5, 0.6) is 0 Å². The number of anilines is 1. The fourth-order valence-electron chi connectivity index (χ4n) is 2.77. The van der Waals surface area contributed by atoms with Gasteiger partial charge in [-0.05, 0) is 57.4 Å².